The lowest BCUT2D eigenvalue weighted by molar-refractivity contribution is 0.117. The number of fused-ring (bicyclic) bond motifs is 1. The van der Waals surface area contributed by atoms with Crippen molar-refractivity contribution in [3.8, 4) is 0 Å². The molecule has 0 amide bonds. The van der Waals surface area contributed by atoms with Gasteiger partial charge >= 0.3 is 0 Å². The van der Waals surface area contributed by atoms with Crippen molar-refractivity contribution in [3.63, 3.8) is 0 Å². The van der Waals surface area contributed by atoms with Crippen molar-refractivity contribution in [2.24, 2.45) is 5.92 Å². The van der Waals surface area contributed by atoms with Crippen LogP contribution in [0.15, 0.2) is 29.1 Å². The molecule has 1 fully saturated rings. The van der Waals surface area contributed by atoms with Gasteiger partial charge in [-0.15, -0.1) is 0 Å². The molecule has 1 saturated heterocycles. The number of rotatable bonds is 2. The second-order valence-electron chi connectivity index (χ2n) is 5.24. The second kappa shape index (κ2) is 5.73. The highest BCUT2D eigenvalue weighted by Gasteiger charge is 2.16. The molecule has 5 nitrogen and oxygen atoms in total. The maximum absolute atomic E-state index is 12.6. The highest BCUT2D eigenvalue weighted by molar-refractivity contribution is 5.77. The van der Waals surface area contributed by atoms with Crippen LogP contribution in [-0.2, 0) is 11.3 Å². The molecule has 0 saturated carbocycles. The normalized spacial score (nSPS) is 19.9. The molecular formula is C15H19N3O2. The molecule has 0 aliphatic carbocycles. The maximum Gasteiger partial charge on any atom is 0.261 e. The Morgan fingerprint density at radius 2 is 2.30 bits per heavy atom. The van der Waals surface area contributed by atoms with Gasteiger partial charge in [-0.05, 0) is 19.1 Å². The Balaban J connectivity index is 1.96. The first-order chi connectivity index (χ1) is 9.75. The fraction of sp³-hybridized carbons (Fsp3) is 0.467. The molecule has 5 heteroatoms. The van der Waals surface area contributed by atoms with E-state index < -0.39 is 0 Å². The van der Waals surface area contributed by atoms with Crippen molar-refractivity contribution < 1.29 is 4.74 Å². The molecule has 2 aromatic rings. The number of aryl methyl sites for hydroxylation is 1. The average molecular weight is 273 g/mol. The number of nitrogens with one attached hydrogen (secondary N) is 1. The van der Waals surface area contributed by atoms with Gasteiger partial charge in [0.25, 0.3) is 5.56 Å². The third-order valence-corrected chi connectivity index (χ3v) is 3.70. The molecule has 1 aromatic heterocycles. The number of aromatic nitrogens is 2. The third kappa shape index (κ3) is 2.59. The number of para-hydroxylation sites is 1. The lowest BCUT2D eigenvalue weighted by atomic mass is 10.1. The Bertz CT molecular complexity index is 658. The first-order valence-corrected chi connectivity index (χ1v) is 7.00. The minimum atomic E-state index is 0.0392. The largest absolute Gasteiger partial charge is 0.380 e. The van der Waals surface area contributed by atoms with Gasteiger partial charge in [0.05, 0.1) is 24.1 Å². The van der Waals surface area contributed by atoms with E-state index >= 15 is 0 Å². The van der Waals surface area contributed by atoms with E-state index in [2.05, 4.69) is 10.3 Å². The highest BCUT2D eigenvalue weighted by Crippen LogP contribution is 2.10. The average Bonchev–Trinajstić information content (AvgIpc) is 2.72. The van der Waals surface area contributed by atoms with E-state index in [1.54, 1.807) is 4.57 Å². The predicted octanol–water partition coefficient (Wildman–Crippen LogP) is 0.941. The molecule has 1 N–H and O–H groups in total. The second-order valence-corrected chi connectivity index (χ2v) is 5.24. The van der Waals surface area contributed by atoms with Crippen molar-refractivity contribution in [3.05, 3.63) is 40.4 Å². The van der Waals surface area contributed by atoms with Crippen LogP contribution in [0.3, 0.4) is 0 Å². The van der Waals surface area contributed by atoms with Gasteiger partial charge < -0.3 is 10.1 Å². The Kier molecular flexibility index (Phi) is 3.80. The van der Waals surface area contributed by atoms with Crippen LogP contribution in [0.2, 0.25) is 0 Å². The van der Waals surface area contributed by atoms with Crippen LogP contribution in [0.1, 0.15) is 5.82 Å². The zero-order valence-electron chi connectivity index (χ0n) is 11.6. The van der Waals surface area contributed by atoms with E-state index in [-0.39, 0.29) is 5.56 Å². The minimum absolute atomic E-state index is 0.0392. The van der Waals surface area contributed by atoms with Crippen molar-refractivity contribution in [2.45, 2.75) is 13.5 Å². The first-order valence-electron chi connectivity index (χ1n) is 7.00. The topological polar surface area (TPSA) is 56.2 Å². The number of benzene rings is 1. The van der Waals surface area contributed by atoms with E-state index in [0.717, 1.165) is 31.0 Å². The fourth-order valence-electron chi connectivity index (χ4n) is 2.63. The van der Waals surface area contributed by atoms with Crippen LogP contribution in [-0.4, -0.2) is 35.9 Å². The number of hydrogen-bond donors (Lipinski definition) is 1. The molecule has 1 aliphatic heterocycles. The molecule has 0 spiro atoms. The Morgan fingerprint density at radius 1 is 1.45 bits per heavy atom. The summed E-state index contributed by atoms with van der Waals surface area (Å²) in [6, 6.07) is 7.50. The molecular weight excluding hydrogens is 254 g/mol. The Hall–Kier alpha value is -1.72. The van der Waals surface area contributed by atoms with Gasteiger partial charge in [-0.1, -0.05) is 12.1 Å². The van der Waals surface area contributed by atoms with Crippen LogP contribution in [0, 0.1) is 12.8 Å². The molecule has 106 valence electrons. The summed E-state index contributed by atoms with van der Waals surface area (Å²) in [4.78, 5) is 17.1. The molecule has 1 aliphatic rings. The van der Waals surface area contributed by atoms with Gasteiger partial charge in [0.1, 0.15) is 5.82 Å². The van der Waals surface area contributed by atoms with Crippen molar-refractivity contribution >= 4 is 10.9 Å². The van der Waals surface area contributed by atoms with Gasteiger partial charge in [-0.25, -0.2) is 4.98 Å². The zero-order valence-corrected chi connectivity index (χ0v) is 11.6. The lowest BCUT2D eigenvalue weighted by Crippen LogP contribution is -2.32. The van der Waals surface area contributed by atoms with Crippen LogP contribution in [0.5, 0.6) is 0 Å². The number of nitrogens with zero attached hydrogens (tertiary/aromatic N) is 2. The summed E-state index contributed by atoms with van der Waals surface area (Å²) in [5.41, 5.74) is 0.804. The molecule has 3 rings (SSSR count). The van der Waals surface area contributed by atoms with Crippen LogP contribution >= 0.6 is 0 Å². The predicted molar refractivity (Wildman–Crippen MR) is 77.9 cm³/mol. The Morgan fingerprint density at radius 3 is 3.20 bits per heavy atom. The van der Waals surface area contributed by atoms with Crippen LogP contribution in [0.25, 0.3) is 10.9 Å². The monoisotopic (exact) mass is 273 g/mol. The van der Waals surface area contributed by atoms with Crippen molar-refractivity contribution in [1.29, 1.82) is 0 Å². The summed E-state index contributed by atoms with van der Waals surface area (Å²) in [6.45, 7) is 5.71. The fourth-order valence-corrected chi connectivity index (χ4v) is 2.63. The summed E-state index contributed by atoms with van der Waals surface area (Å²) in [7, 11) is 0. The summed E-state index contributed by atoms with van der Waals surface area (Å²) in [5.74, 6) is 1.06. The summed E-state index contributed by atoms with van der Waals surface area (Å²) >= 11 is 0. The van der Waals surface area contributed by atoms with Crippen molar-refractivity contribution in [1.82, 2.24) is 14.9 Å². The smallest absolute Gasteiger partial charge is 0.261 e. The quantitative estimate of drug-likeness (QED) is 0.885. The molecule has 1 unspecified atom stereocenters. The summed E-state index contributed by atoms with van der Waals surface area (Å²) < 4.78 is 7.32. The number of hydrogen-bond acceptors (Lipinski definition) is 4. The molecule has 0 radical (unpaired) electrons. The van der Waals surface area contributed by atoms with E-state index in [4.69, 9.17) is 4.74 Å². The first kappa shape index (κ1) is 13.3. The molecule has 20 heavy (non-hydrogen) atoms. The molecule has 1 aromatic carbocycles. The lowest BCUT2D eigenvalue weighted by Gasteiger charge is -2.17. The Labute approximate surface area is 117 Å². The minimum Gasteiger partial charge on any atom is -0.380 e. The van der Waals surface area contributed by atoms with Gasteiger partial charge in [-0.2, -0.15) is 0 Å². The summed E-state index contributed by atoms with van der Waals surface area (Å²) in [5, 5.41) is 4.01. The van der Waals surface area contributed by atoms with E-state index in [1.807, 2.05) is 31.2 Å². The van der Waals surface area contributed by atoms with E-state index in [1.165, 1.54) is 0 Å². The molecule has 2 heterocycles. The van der Waals surface area contributed by atoms with Gasteiger partial charge in [0.15, 0.2) is 0 Å². The zero-order chi connectivity index (χ0) is 13.9. The molecule has 0 bridgehead atoms. The van der Waals surface area contributed by atoms with E-state index in [0.29, 0.717) is 24.5 Å². The standard InChI is InChI=1S/C15H19N3O2/c1-11-17-14-5-3-2-4-13(14)15(19)18(11)9-12-8-16-6-7-20-10-12/h2-5,12,16H,6-10H2,1H3. The van der Waals surface area contributed by atoms with Gasteiger partial charge in [0.2, 0.25) is 0 Å². The van der Waals surface area contributed by atoms with Gasteiger partial charge in [-0.3, -0.25) is 9.36 Å². The van der Waals surface area contributed by atoms with Crippen LogP contribution in [0.4, 0.5) is 0 Å². The van der Waals surface area contributed by atoms with Crippen molar-refractivity contribution in [2.75, 3.05) is 26.3 Å². The highest BCUT2D eigenvalue weighted by atomic mass is 16.5. The van der Waals surface area contributed by atoms with Gasteiger partial charge in [0, 0.05) is 25.6 Å². The molecule has 1 atom stereocenters. The summed E-state index contributed by atoms with van der Waals surface area (Å²) in [6.07, 6.45) is 0. The number of ether oxygens (including phenoxy) is 1. The third-order valence-electron chi connectivity index (χ3n) is 3.70. The maximum atomic E-state index is 12.6. The van der Waals surface area contributed by atoms with E-state index in [9.17, 15) is 4.79 Å². The van der Waals surface area contributed by atoms with Crippen LogP contribution < -0.4 is 10.9 Å². The SMILES string of the molecule is Cc1nc2ccccc2c(=O)n1CC1CNCCOC1.